The topological polar surface area (TPSA) is 44.4 Å². The van der Waals surface area contributed by atoms with Gasteiger partial charge in [0.05, 0.1) is 6.54 Å². The predicted molar refractivity (Wildman–Crippen MR) is 104 cm³/mol. The molecule has 0 atom stereocenters. The molecule has 24 heavy (non-hydrogen) atoms. The van der Waals surface area contributed by atoms with E-state index in [1.165, 1.54) is 24.9 Å². The fraction of sp³-hybridized carbons (Fsp3) is 0.316. The van der Waals surface area contributed by atoms with Crippen molar-refractivity contribution < 1.29 is 4.79 Å². The first-order chi connectivity index (χ1) is 11.7. The minimum atomic E-state index is -0.0588. The van der Waals surface area contributed by atoms with Gasteiger partial charge < -0.3 is 15.5 Å². The van der Waals surface area contributed by atoms with E-state index in [0.717, 1.165) is 28.9 Å². The summed E-state index contributed by atoms with van der Waals surface area (Å²) in [5.41, 5.74) is 2.97. The average molecular weight is 388 g/mol. The number of benzene rings is 2. The van der Waals surface area contributed by atoms with E-state index in [4.69, 9.17) is 0 Å². The number of halogens is 1. The Morgan fingerprint density at radius 1 is 1.00 bits per heavy atom. The van der Waals surface area contributed by atoms with Gasteiger partial charge in [-0.1, -0.05) is 12.1 Å². The lowest BCUT2D eigenvalue weighted by Gasteiger charge is -2.28. The monoisotopic (exact) mass is 387 g/mol. The van der Waals surface area contributed by atoms with Crippen molar-refractivity contribution in [3.05, 3.63) is 53.0 Å². The van der Waals surface area contributed by atoms with E-state index < -0.39 is 0 Å². The molecule has 0 saturated carbocycles. The van der Waals surface area contributed by atoms with E-state index in [9.17, 15) is 4.79 Å². The second-order valence-corrected chi connectivity index (χ2v) is 6.83. The highest BCUT2D eigenvalue weighted by molar-refractivity contribution is 9.10. The van der Waals surface area contributed by atoms with Gasteiger partial charge in [-0.2, -0.15) is 0 Å². The van der Waals surface area contributed by atoms with Gasteiger partial charge in [0.1, 0.15) is 0 Å². The number of rotatable bonds is 5. The van der Waals surface area contributed by atoms with Gasteiger partial charge in [0.15, 0.2) is 0 Å². The lowest BCUT2D eigenvalue weighted by atomic mass is 10.1. The molecule has 1 fully saturated rings. The van der Waals surface area contributed by atoms with E-state index in [2.05, 4.69) is 43.6 Å². The minimum absolute atomic E-state index is 0.0588. The third-order valence-electron chi connectivity index (χ3n) is 4.19. The van der Waals surface area contributed by atoms with Gasteiger partial charge in [-0.05, 0) is 71.6 Å². The number of amides is 1. The molecule has 0 aromatic heterocycles. The molecule has 3 rings (SSSR count). The Hall–Kier alpha value is -2.01. The van der Waals surface area contributed by atoms with E-state index in [0.29, 0.717) is 0 Å². The van der Waals surface area contributed by atoms with Crippen LogP contribution in [0.4, 0.5) is 17.1 Å². The number of carbonyl (C=O) groups excluding carboxylic acids is 1. The number of anilines is 3. The van der Waals surface area contributed by atoms with Crippen LogP contribution in [-0.4, -0.2) is 25.5 Å². The number of nitrogens with zero attached hydrogens (tertiary/aromatic N) is 1. The number of hydrogen-bond donors (Lipinski definition) is 2. The van der Waals surface area contributed by atoms with Gasteiger partial charge in [0, 0.05) is 34.6 Å². The van der Waals surface area contributed by atoms with Crippen LogP contribution < -0.4 is 15.5 Å². The third-order valence-corrected chi connectivity index (χ3v) is 4.88. The van der Waals surface area contributed by atoms with Crippen LogP contribution in [0.1, 0.15) is 19.3 Å². The lowest BCUT2D eigenvalue weighted by Crippen LogP contribution is -2.29. The van der Waals surface area contributed by atoms with Crippen LogP contribution >= 0.6 is 15.9 Å². The van der Waals surface area contributed by atoms with Crippen molar-refractivity contribution in [3.63, 3.8) is 0 Å². The molecule has 0 aliphatic carbocycles. The van der Waals surface area contributed by atoms with Crippen LogP contribution in [0.25, 0.3) is 0 Å². The molecule has 2 aromatic rings. The van der Waals surface area contributed by atoms with Gasteiger partial charge in [-0.3, -0.25) is 4.79 Å². The number of piperidine rings is 1. The van der Waals surface area contributed by atoms with Crippen LogP contribution in [0, 0.1) is 0 Å². The maximum absolute atomic E-state index is 12.1. The van der Waals surface area contributed by atoms with Gasteiger partial charge in [0.25, 0.3) is 0 Å². The highest BCUT2D eigenvalue weighted by Gasteiger charge is 2.11. The second kappa shape index (κ2) is 8.20. The van der Waals surface area contributed by atoms with Crippen molar-refractivity contribution in [2.45, 2.75) is 19.3 Å². The summed E-state index contributed by atoms with van der Waals surface area (Å²) >= 11 is 3.46. The third kappa shape index (κ3) is 4.51. The molecule has 4 nitrogen and oxygen atoms in total. The summed E-state index contributed by atoms with van der Waals surface area (Å²) in [5.74, 6) is -0.0588. The standard InChI is InChI=1S/C19H22BrN3O/c20-17-6-2-3-7-18(17)21-14-19(24)22-15-8-10-16(11-9-15)23-12-4-1-5-13-23/h2-3,6-11,21H,1,4-5,12-14H2,(H,22,24). The second-order valence-electron chi connectivity index (χ2n) is 5.98. The molecule has 126 valence electrons. The Bertz CT molecular complexity index is 681. The smallest absolute Gasteiger partial charge is 0.243 e. The molecule has 0 spiro atoms. The summed E-state index contributed by atoms with van der Waals surface area (Å²) in [7, 11) is 0. The Labute approximate surface area is 151 Å². The number of hydrogen-bond acceptors (Lipinski definition) is 3. The molecule has 0 bridgehead atoms. The first kappa shape index (κ1) is 16.8. The van der Waals surface area contributed by atoms with E-state index in [1.807, 2.05) is 36.4 Å². The quantitative estimate of drug-likeness (QED) is 0.793. The number of nitrogens with one attached hydrogen (secondary N) is 2. The summed E-state index contributed by atoms with van der Waals surface area (Å²) in [6.45, 7) is 2.49. The average Bonchev–Trinajstić information content (AvgIpc) is 2.62. The fourth-order valence-electron chi connectivity index (χ4n) is 2.89. The molecule has 1 aliphatic rings. The van der Waals surface area contributed by atoms with E-state index >= 15 is 0 Å². The SMILES string of the molecule is O=C(CNc1ccccc1Br)Nc1ccc(N2CCCCC2)cc1. The van der Waals surface area contributed by atoms with Crippen molar-refractivity contribution in [2.24, 2.45) is 0 Å². The zero-order chi connectivity index (χ0) is 16.8. The Kier molecular flexibility index (Phi) is 5.75. The van der Waals surface area contributed by atoms with Crippen LogP contribution in [0.5, 0.6) is 0 Å². The Morgan fingerprint density at radius 2 is 1.71 bits per heavy atom. The molecule has 0 unspecified atom stereocenters. The normalized spacial score (nSPS) is 14.3. The molecule has 1 saturated heterocycles. The summed E-state index contributed by atoms with van der Waals surface area (Å²) in [5, 5.41) is 6.06. The van der Waals surface area contributed by atoms with E-state index in [-0.39, 0.29) is 12.5 Å². The molecule has 0 radical (unpaired) electrons. The van der Waals surface area contributed by atoms with Crippen LogP contribution in [0.15, 0.2) is 53.0 Å². The van der Waals surface area contributed by atoms with Crippen molar-refractivity contribution in [2.75, 3.05) is 35.2 Å². The zero-order valence-corrected chi connectivity index (χ0v) is 15.2. The molecule has 1 heterocycles. The van der Waals surface area contributed by atoms with Crippen LogP contribution in [0.3, 0.4) is 0 Å². The lowest BCUT2D eigenvalue weighted by molar-refractivity contribution is -0.114. The van der Waals surface area contributed by atoms with Crippen molar-refractivity contribution >= 4 is 38.9 Å². The van der Waals surface area contributed by atoms with Gasteiger partial charge in [-0.15, -0.1) is 0 Å². The van der Waals surface area contributed by atoms with Crippen molar-refractivity contribution in [1.82, 2.24) is 0 Å². The Morgan fingerprint density at radius 3 is 2.42 bits per heavy atom. The molecule has 2 aromatic carbocycles. The highest BCUT2D eigenvalue weighted by atomic mass is 79.9. The van der Waals surface area contributed by atoms with Crippen LogP contribution in [-0.2, 0) is 4.79 Å². The molecule has 5 heteroatoms. The minimum Gasteiger partial charge on any atom is -0.375 e. The summed E-state index contributed by atoms with van der Waals surface area (Å²) in [4.78, 5) is 14.5. The van der Waals surface area contributed by atoms with Crippen molar-refractivity contribution in [1.29, 1.82) is 0 Å². The molecule has 1 aliphatic heterocycles. The number of para-hydroxylation sites is 1. The predicted octanol–water partition coefficient (Wildman–Crippen LogP) is 4.49. The zero-order valence-electron chi connectivity index (χ0n) is 13.6. The maximum Gasteiger partial charge on any atom is 0.243 e. The fourth-order valence-corrected chi connectivity index (χ4v) is 3.32. The first-order valence-electron chi connectivity index (χ1n) is 8.35. The summed E-state index contributed by atoms with van der Waals surface area (Å²) in [6, 6.07) is 15.9. The maximum atomic E-state index is 12.1. The summed E-state index contributed by atoms with van der Waals surface area (Å²) in [6.07, 6.45) is 3.85. The number of carbonyl (C=O) groups is 1. The van der Waals surface area contributed by atoms with Gasteiger partial charge in [0.2, 0.25) is 5.91 Å². The van der Waals surface area contributed by atoms with E-state index in [1.54, 1.807) is 0 Å². The first-order valence-corrected chi connectivity index (χ1v) is 9.15. The molecule has 1 amide bonds. The largest absolute Gasteiger partial charge is 0.375 e. The highest BCUT2D eigenvalue weighted by Crippen LogP contribution is 2.22. The van der Waals surface area contributed by atoms with Crippen molar-refractivity contribution in [3.8, 4) is 0 Å². The molecular formula is C19H22BrN3O. The van der Waals surface area contributed by atoms with Gasteiger partial charge >= 0.3 is 0 Å². The Balaban J connectivity index is 1.52. The van der Waals surface area contributed by atoms with Gasteiger partial charge in [-0.25, -0.2) is 0 Å². The summed E-state index contributed by atoms with van der Waals surface area (Å²) < 4.78 is 0.948. The van der Waals surface area contributed by atoms with Crippen LogP contribution in [0.2, 0.25) is 0 Å². The molecular weight excluding hydrogens is 366 g/mol. The molecule has 2 N–H and O–H groups in total.